The summed E-state index contributed by atoms with van der Waals surface area (Å²) in [5.74, 6) is -0.147. The molecule has 20 heavy (non-hydrogen) atoms. The van der Waals surface area contributed by atoms with Gasteiger partial charge in [-0.3, -0.25) is 4.90 Å². The Hall–Kier alpha value is -0.333. The van der Waals surface area contributed by atoms with Crippen LogP contribution < -0.4 is 5.73 Å². The summed E-state index contributed by atoms with van der Waals surface area (Å²) in [7, 11) is 4.19. The SMILES string of the molecule is CN(C)C1(c2cccc(F)c2)CCC(C)(CN)CC1.[Li]. The molecule has 1 aromatic carbocycles. The molecule has 107 valence electrons. The molecule has 0 saturated heterocycles. The second kappa shape index (κ2) is 6.62. The van der Waals surface area contributed by atoms with E-state index in [-0.39, 0.29) is 35.6 Å². The summed E-state index contributed by atoms with van der Waals surface area (Å²) in [6.07, 6.45) is 4.27. The van der Waals surface area contributed by atoms with Crippen molar-refractivity contribution in [3.8, 4) is 0 Å². The topological polar surface area (TPSA) is 29.3 Å². The predicted molar refractivity (Wildman–Crippen MR) is 83.1 cm³/mol. The Bertz CT molecular complexity index is 440. The Morgan fingerprint density at radius 2 is 1.80 bits per heavy atom. The van der Waals surface area contributed by atoms with E-state index in [0.717, 1.165) is 37.8 Å². The Morgan fingerprint density at radius 1 is 1.20 bits per heavy atom. The zero-order valence-electron chi connectivity index (χ0n) is 13.2. The molecule has 0 unspecified atom stereocenters. The van der Waals surface area contributed by atoms with Gasteiger partial charge in [0.1, 0.15) is 5.82 Å². The van der Waals surface area contributed by atoms with Crippen LogP contribution in [0, 0.1) is 11.2 Å². The van der Waals surface area contributed by atoms with Crippen LogP contribution in [0.15, 0.2) is 24.3 Å². The first-order valence-corrected chi connectivity index (χ1v) is 7.05. The third-order valence-corrected chi connectivity index (χ3v) is 5.00. The average Bonchev–Trinajstić information content (AvgIpc) is 2.39. The molecule has 1 aliphatic carbocycles. The van der Waals surface area contributed by atoms with E-state index in [4.69, 9.17) is 5.73 Å². The van der Waals surface area contributed by atoms with Gasteiger partial charge in [0, 0.05) is 24.4 Å². The van der Waals surface area contributed by atoms with Crippen LogP contribution in [0.4, 0.5) is 4.39 Å². The molecule has 0 bridgehead atoms. The summed E-state index contributed by atoms with van der Waals surface area (Å²) in [5.41, 5.74) is 7.18. The van der Waals surface area contributed by atoms with Crippen LogP contribution in [-0.4, -0.2) is 44.4 Å². The number of nitrogens with two attached hydrogens (primary N) is 1. The van der Waals surface area contributed by atoms with Crippen molar-refractivity contribution in [1.29, 1.82) is 0 Å². The van der Waals surface area contributed by atoms with Crippen LogP contribution >= 0.6 is 0 Å². The summed E-state index contributed by atoms with van der Waals surface area (Å²) in [5, 5.41) is 0. The standard InChI is InChI=1S/C16H25FN2.Li/c1-15(12-18)7-9-16(10-8-15,19(2)3)13-5-4-6-14(17)11-13;/h4-6,11H,7-10,12,18H2,1-3H3;. The van der Waals surface area contributed by atoms with Gasteiger partial charge in [-0.25, -0.2) is 4.39 Å². The van der Waals surface area contributed by atoms with Crippen molar-refractivity contribution < 1.29 is 4.39 Å². The second-order valence-corrected chi connectivity index (χ2v) is 6.45. The maximum Gasteiger partial charge on any atom is 0.123 e. The first-order chi connectivity index (χ1) is 8.92. The minimum atomic E-state index is -0.147. The van der Waals surface area contributed by atoms with Crippen molar-refractivity contribution in [2.45, 2.75) is 38.1 Å². The number of rotatable bonds is 3. The van der Waals surface area contributed by atoms with Crippen LogP contribution in [0.3, 0.4) is 0 Å². The van der Waals surface area contributed by atoms with Gasteiger partial charge in [-0.05, 0) is 69.4 Å². The van der Waals surface area contributed by atoms with Gasteiger partial charge in [0.05, 0.1) is 0 Å². The average molecular weight is 271 g/mol. The van der Waals surface area contributed by atoms with E-state index in [1.165, 1.54) is 6.07 Å². The van der Waals surface area contributed by atoms with Gasteiger partial charge in [0.2, 0.25) is 0 Å². The van der Waals surface area contributed by atoms with Gasteiger partial charge in [-0.1, -0.05) is 19.1 Å². The fraction of sp³-hybridized carbons (Fsp3) is 0.625. The molecule has 0 atom stereocenters. The number of benzene rings is 1. The van der Waals surface area contributed by atoms with Crippen molar-refractivity contribution >= 4 is 18.9 Å². The van der Waals surface area contributed by atoms with Crippen LogP contribution in [0.1, 0.15) is 38.2 Å². The first kappa shape index (κ1) is 17.7. The largest absolute Gasteiger partial charge is 0.330 e. The molecule has 0 aliphatic heterocycles. The zero-order valence-corrected chi connectivity index (χ0v) is 13.2. The van der Waals surface area contributed by atoms with E-state index in [1.807, 2.05) is 12.1 Å². The third kappa shape index (κ3) is 3.28. The summed E-state index contributed by atoms with van der Waals surface area (Å²) in [4.78, 5) is 2.25. The third-order valence-electron chi connectivity index (χ3n) is 5.00. The van der Waals surface area contributed by atoms with Crippen molar-refractivity contribution in [2.24, 2.45) is 11.1 Å². The van der Waals surface area contributed by atoms with Crippen molar-refractivity contribution in [3.05, 3.63) is 35.6 Å². The first-order valence-electron chi connectivity index (χ1n) is 7.05. The van der Waals surface area contributed by atoms with Crippen LogP contribution in [-0.2, 0) is 5.54 Å². The Morgan fingerprint density at radius 3 is 2.25 bits per heavy atom. The molecule has 1 radical (unpaired) electrons. The van der Waals surface area contributed by atoms with Crippen LogP contribution in [0.5, 0.6) is 0 Å². The molecule has 0 amide bonds. The molecule has 1 saturated carbocycles. The van der Waals surface area contributed by atoms with Gasteiger partial charge in [0.15, 0.2) is 0 Å². The molecule has 0 heterocycles. The number of nitrogens with zero attached hydrogens (tertiary/aromatic N) is 1. The fourth-order valence-electron chi connectivity index (χ4n) is 3.24. The maximum absolute atomic E-state index is 13.5. The van der Waals surface area contributed by atoms with Crippen molar-refractivity contribution in [1.82, 2.24) is 4.90 Å². The molecule has 1 aliphatic rings. The molecular formula is C16H25FLiN2. The minimum Gasteiger partial charge on any atom is -0.330 e. The molecule has 1 fully saturated rings. The molecule has 4 heteroatoms. The summed E-state index contributed by atoms with van der Waals surface area (Å²) in [6, 6.07) is 7.06. The van der Waals surface area contributed by atoms with Gasteiger partial charge in [-0.15, -0.1) is 0 Å². The monoisotopic (exact) mass is 271 g/mol. The number of hydrogen-bond acceptors (Lipinski definition) is 2. The molecule has 2 rings (SSSR count). The Kier molecular flexibility index (Phi) is 5.86. The van der Waals surface area contributed by atoms with Crippen molar-refractivity contribution in [2.75, 3.05) is 20.6 Å². The summed E-state index contributed by atoms with van der Waals surface area (Å²) < 4.78 is 13.5. The van der Waals surface area contributed by atoms with E-state index in [0.29, 0.717) is 0 Å². The quantitative estimate of drug-likeness (QED) is 0.857. The molecule has 2 N–H and O–H groups in total. The smallest absolute Gasteiger partial charge is 0.123 e. The molecule has 2 nitrogen and oxygen atoms in total. The van der Waals surface area contributed by atoms with Crippen LogP contribution in [0.25, 0.3) is 0 Å². The number of hydrogen-bond donors (Lipinski definition) is 1. The minimum absolute atomic E-state index is 0. The van der Waals surface area contributed by atoms with E-state index in [2.05, 4.69) is 25.9 Å². The van der Waals surface area contributed by atoms with Gasteiger partial charge in [0.25, 0.3) is 0 Å². The Balaban J connectivity index is 0.00000200. The van der Waals surface area contributed by atoms with Crippen molar-refractivity contribution in [3.63, 3.8) is 0 Å². The van der Waals surface area contributed by atoms with E-state index >= 15 is 0 Å². The van der Waals surface area contributed by atoms with Gasteiger partial charge < -0.3 is 5.73 Å². The molecule has 0 aromatic heterocycles. The van der Waals surface area contributed by atoms with E-state index in [9.17, 15) is 4.39 Å². The van der Waals surface area contributed by atoms with Crippen LogP contribution in [0.2, 0.25) is 0 Å². The predicted octanol–water partition coefficient (Wildman–Crippen LogP) is 2.74. The Labute approximate surface area is 134 Å². The van der Waals surface area contributed by atoms with Gasteiger partial charge >= 0.3 is 0 Å². The fourth-order valence-corrected chi connectivity index (χ4v) is 3.24. The molecule has 0 spiro atoms. The van der Waals surface area contributed by atoms with E-state index < -0.39 is 0 Å². The van der Waals surface area contributed by atoms with Gasteiger partial charge in [-0.2, -0.15) is 0 Å². The zero-order chi connectivity index (χ0) is 14.1. The number of halogens is 1. The second-order valence-electron chi connectivity index (χ2n) is 6.45. The molecular weight excluding hydrogens is 246 g/mol. The normalized spacial score (nSPS) is 30.1. The maximum atomic E-state index is 13.5. The molecule has 1 aromatic rings. The van der Waals surface area contributed by atoms with E-state index in [1.54, 1.807) is 6.07 Å². The summed E-state index contributed by atoms with van der Waals surface area (Å²) in [6.45, 7) is 3.00. The summed E-state index contributed by atoms with van der Waals surface area (Å²) >= 11 is 0.